The van der Waals surface area contributed by atoms with Gasteiger partial charge in [-0.05, 0) is 26.2 Å². The maximum Gasteiger partial charge on any atom is 0.221 e. The summed E-state index contributed by atoms with van der Waals surface area (Å²) in [5.41, 5.74) is 3.41. The van der Waals surface area contributed by atoms with E-state index >= 15 is 0 Å². The highest BCUT2D eigenvalue weighted by molar-refractivity contribution is 5.47. The first kappa shape index (κ1) is 13.7. The SMILES string of the molecule is CCCC(C)COc1nc(C)nc(NN)c1C. The van der Waals surface area contributed by atoms with Gasteiger partial charge in [-0.2, -0.15) is 4.98 Å². The number of hydrogen-bond donors (Lipinski definition) is 2. The molecule has 1 unspecified atom stereocenters. The van der Waals surface area contributed by atoms with E-state index in [1.165, 1.54) is 6.42 Å². The summed E-state index contributed by atoms with van der Waals surface area (Å²) < 4.78 is 5.73. The minimum absolute atomic E-state index is 0.531. The highest BCUT2D eigenvalue weighted by Crippen LogP contribution is 2.21. The number of nitrogen functional groups attached to an aromatic ring is 1. The van der Waals surface area contributed by atoms with Crippen molar-refractivity contribution in [1.29, 1.82) is 0 Å². The minimum Gasteiger partial charge on any atom is -0.477 e. The maximum atomic E-state index is 5.73. The fraction of sp³-hybridized carbons (Fsp3) is 0.667. The molecule has 5 heteroatoms. The van der Waals surface area contributed by atoms with Crippen LogP contribution in [0.1, 0.15) is 38.1 Å². The number of ether oxygens (including phenoxy) is 1. The van der Waals surface area contributed by atoms with Crippen molar-refractivity contribution in [3.63, 3.8) is 0 Å². The van der Waals surface area contributed by atoms with Crippen molar-refractivity contribution in [2.75, 3.05) is 12.0 Å². The summed E-state index contributed by atoms with van der Waals surface area (Å²) in [6.07, 6.45) is 2.33. The molecule has 1 aromatic rings. The summed E-state index contributed by atoms with van der Waals surface area (Å²) >= 11 is 0. The third-order valence-corrected chi connectivity index (χ3v) is 2.64. The normalized spacial score (nSPS) is 12.3. The first-order valence-electron chi connectivity index (χ1n) is 6.03. The predicted molar refractivity (Wildman–Crippen MR) is 68.9 cm³/mol. The van der Waals surface area contributed by atoms with Gasteiger partial charge in [0.05, 0.1) is 12.2 Å². The second-order valence-electron chi connectivity index (χ2n) is 4.40. The summed E-state index contributed by atoms with van der Waals surface area (Å²) in [4.78, 5) is 8.47. The first-order chi connectivity index (χ1) is 8.08. The average molecular weight is 238 g/mol. The van der Waals surface area contributed by atoms with Crippen LogP contribution in [-0.2, 0) is 0 Å². The van der Waals surface area contributed by atoms with Crippen LogP contribution in [0.5, 0.6) is 5.88 Å². The molecule has 5 nitrogen and oxygen atoms in total. The smallest absolute Gasteiger partial charge is 0.221 e. The molecule has 1 heterocycles. The molecule has 0 aliphatic rings. The van der Waals surface area contributed by atoms with Crippen molar-refractivity contribution in [3.8, 4) is 5.88 Å². The summed E-state index contributed by atoms with van der Waals surface area (Å²) in [6.45, 7) is 8.74. The summed E-state index contributed by atoms with van der Waals surface area (Å²) in [5, 5.41) is 0. The fourth-order valence-electron chi connectivity index (χ4n) is 1.68. The second-order valence-corrected chi connectivity index (χ2v) is 4.40. The lowest BCUT2D eigenvalue weighted by Crippen LogP contribution is -2.15. The lowest BCUT2D eigenvalue weighted by atomic mass is 10.1. The van der Waals surface area contributed by atoms with Gasteiger partial charge >= 0.3 is 0 Å². The fourth-order valence-corrected chi connectivity index (χ4v) is 1.68. The Bertz CT molecular complexity index is 368. The number of aromatic nitrogens is 2. The van der Waals surface area contributed by atoms with Gasteiger partial charge in [-0.15, -0.1) is 0 Å². The van der Waals surface area contributed by atoms with E-state index < -0.39 is 0 Å². The molecule has 0 aliphatic heterocycles. The lowest BCUT2D eigenvalue weighted by molar-refractivity contribution is 0.241. The third kappa shape index (κ3) is 3.85. The van der Waals surface area contributed by atoms with Gasteiger partial charge in [0, 0.05) is 0 Å². The highest BCUT2D eigenvalue weighted by Gasteiger charge is 2.10. The molecule has 0 fully saturated rings. The van der Waals surface area contributed by atoms with Crippen molar-refractivity contribution in [2.45, 2.75) is 40.5 Å². The molecule has 0 saturated carbocycles. The molecule has 0 amide bonds. The number of anilines is 1. The number of nitrogens with zero attached hydrogens (tertiary/aromatic N) is 2. The van der Waals surface area contributed by atoms with Gasteiger partial charge in [0.2, 0.25) is 5.88 Å². The Kier molecular flexibility index (Phi) is 5.15. The Hall–Kier alpha value is -1.36. The van der Waals surface area contributed by atoms with Crippen molar-refractivity contribution in [3.05, 3.63) is 11.4 Å². The van der Waals surface area contributed by atoms with Crippen molar-refractivity contribution >= 4 is 5.82 Å². The van der Waals surface area contributed by atoms with E-state index in [1.807, 2.05) is 13.8 Å². The number of hydrazine groups is 1. The number of rotatable bonds is 6. The molecule has 1 aromatic heterocycles. The Morgan fingerprint density at radius 1 is 1.35 bits per heavy atom. The van der Waals surface area contributed by atoms with E-state index in [2.05, 4.69) is 29.2 Å². The topological polar surface area (TPSA) is 73.1 Å². The van der Waals surface area contributed by atoms with Crippen LogP contribution in [0.3, 0.4) is 0 Å². The summed E-state index contributed by atoms with van der Waals surface area (Å²) in [6, 6.07) is 0. The van der Waals surface area contributed by atoms with Crippen LogP contribution in [0.15, 0.2) is 0 Å². The zero-order chi connectivity index (χ0) is 12.8. The third-order valence-electron chi connectivity index (χ3n) is 2.64. The number of aryl methyl sites for hydroxylation is 1. The van der Waals surface area contributed by atoms with Gasteiger partial charge in [0.1, 0.15) is 11.6 Å². The zero-order valence-electron chi connectivity index (χ0n) is 11.1. The Morgan fingerprint density at radius 3 is 2.65 bits per heavy atom. The molecule has 0 bridgehead atoms. The number of nitrogens with one attached hydrogen (secondary N) is 1. The van der Waals surface area contributed by atoms with Gasteiger partial charge in [-0.1, -0.05) is 20.3 Å². The molecule has 1 rings (SSSR count). The molecule has 0 aromatic carbocycles. The molecule has 3 N–H and O–H groups in total. The Labute approximate surface area is 103 Å². The number of hydrogen-bond acceptors (Lipinski definition) is 5. The van der Waals surface area contributed by atoms with Crippen LogP contribution in [-0.4, -0.2) is 16.6 Å². The predicted octanol–water partition coefficient (Wildman–Crippen LogP) is 2.19. The van der Waals surface area contributed by atoms with E-state index in [9.17, 15) is 0 Å². The van der Waals surface area contributed by atoms with Crippen LogP contribution < -0.4 is 16.0 Å². The zero-order valence-corrected chi connectivity index (χ0v) is 11.1. The number of nitrogens with two attached hydrogens (primary N) is 1. The van der Waals surface area contributed by atoms with E-state index in [4.69, 9.17) is 10.6 Å². The summed E-state index contributed by atoms with van der Waals surface area (Å²) in [5.74, 6) is 7.82. The van der Waals surface area contributed by atoms with Gasteiger partial charge in [0.25, 0.3) is 0 Å². The van der Waals surface area contributed by atoms with E-state index in [0.717, 1.165) is 12.0 Å². The maximum absolute atomic E-state index is 5.73. The first-order valence-corrected chi connectivity index (χ1v) is 6.03. The largest absolute Gasteiger partial charge is 0.477 e. The van der Waals surface area contributed by atoms with Gasteiger partial charge in [-0.25, -0.2) is 10.8 Å². The molecule has 0 saturated heterocycles. The highest BCUT2D eigenvalue weighted by atomic mass is 16.5. The van der Waals surface area contributed by atoms with E-state index in [-0.39, 0.29) is 0 Å². The molecule has 0 radical (unpaired) electrons. The quantitative estimate of drug-likeness (QED) is 0.587. The van der Waals surface area contributed by atoms with Gasteiger partial charge in [0.15, 0.2) is 0 Å². The monoisotopic (exact) mass is 238 g/mol. The average Bonchev–Trinajstić information content (AvgIpc) is 2.30. The molecular weight excluding hydrogens is 216 g/mol. The van der Waals surface area contributed by atoms with Crippen LogP contribution in [0, 0.1) is 19.8 Å². The van der Waals surface area contributed by atoms with Crippen LogP contribution in [0.4, 0.5) is 5.82 Å². The van der Waals surface area contributed by atoms with Crippen molar-refractivity contribution in [1.82, 2.24) is 9.97 Å². The minimum atomic E-state index is 0.531. The molecular formula is C12H22N4O. The Morgan fingerprint density at radius 2 is 2.06 bits per heavy atom. The second kappa shape index (κ2) is 6.39. The Balaban J connectivity index is 2.73. The van der Waals surface area contributed by atoms with E-state index in [1.54, 1.807) is 0 Å². The van der Waals surface area contributed by atoms with Gasteiger partial charge < -0.3 is 10.2 Å². The molecule has 0 aliphatic carbocycles. The van der Waals surface area contributed by atoms with Crippen molar-refractivity contribution in [2.24, 2.45) is 11.8 Å². The van der Waals surface area contributed by atoms with Crippen LogP contribution in [0.25, 0.3) is 0 Å². The molecule has 0 spiro atoms. The summed E-state index contributed by atoms with van der Waals surface area (Å²) in [7, 11) is 0. The van der Waals surface area contributed by atoms with Crippen LogP contribution >= 0.6 is 0 Å². The van der Waals surface area contributed by atoms with Crippen molar-refractivity contribution < 1.29 is 4.74 Å². The lowest BCUT2D eigenvalue weighted by Gasteiger charge is -2.14. The molecule has 1 atom stereocenters. The van der Waals surface area contributed by atoms with Gasteiger partial charge in [-0.3, -0.25) is 0 Å². The van der Waals surface area contributed by atoms with E-state index in [0.29, 0.717) is 30.0 Å². The molecule has 96 valence electrons. The van der Waals surface area contributed by atoms with Crippen LogP contribution in [0.2, 0.25) is 0 Å². The standard InChI is InChI=1S/C12H22N4O/c1-5-6-8(2)7-17-12-9(3)11(16-13)14-10(4)15-12/h8H,5-7,13H2,1-4H3,(H,14,15,16). The molecule has 17 heavy (non-hydrogen) atoms.